The highest BCUT2D eigenvalue weighted by Gasteiger charge is 2.37. The molecule has 7 heteroatoms. The predicted molar refractivity (Wildman–Crippen MR) is 107 cm³/mol. The van der Waals surface area contributed by atoms with E-state index >= 15 is 0 Å². The number of fused-ring (bicyclic) bond motifs is 1. The zero-order valence-electron chi connectivity index (χ0n) is 15.5. The first-order chi connectivity index (χ1) is 11.5. The van der Waals surface area contributed by atoms with Crippen molar-refractivity contribution in [2.45, 2.75) is 57.3 Å². The van der Waals surface area contributed by atoms with E-state index in [-0.39, 0.29) is 42.6 Å². The molecular formula is C19H30Cl2FN3O. The highest BCUT2D eigenvalue weighted by Crippen LogP contribution is 2.33. The van der Waals surface area contributed by atoms with Crippen molar-refractivity contribution in [1.82, 2.24) is 15.5 Å². The molecule has 1 aliphatic carbocycles. The van der Waals surface area contributed by atoms with Gasteiger partial charge >= 0.3 is 0 Å². The van der Waals surface area contributed by atoms with Gasteiger partial charge in [-0.25, -0.2) is 4.39 Å². The van der Waals surface area contributed by atoms with E-state index in [0.29, 0.717) is 30.6 Å². The van der Waals surface area contributed by atoms with Crippen LogP contribution < -0.4 is 10.6 Å². The number of carbonyl (C=O) groups is 1. The second kappa shape index (κ2) is 10.5. The van der Waals surface area contributed by atoms with E-state index in [0.717, 1.165) is 12.0 Å². The first kappa shape index (κ1) is 23.2. The summed E-state index contributed by atoms with van der Waals surface area (Å²) >= 11 is 0. The maximum Gasteiger partial charge on any atom is 0.237 e. The number of nitrogens with zero attached hydrogens (tertiary/aromatic N) is 1. The van der Waals surface area contributed by atoms with Gasteiger partial charge in [0.25, 0.3) is 0 Å². The Morgan fingerprint density at radius 1 is 1.27 bits per heavy atom. The van der Waals surface area contributed by atoms with Crippen molar-refractivity contribution in [3.8, 4) is 0 Å². The van der Waals surface area contributed by atoms with Crippen LogP contribution in [0.1, 0.15) is 43.2 Å². The molecule has 3 rings (SSSR count). The zero-order chi connectivity index (χ0) is 17.1. The minimum Gasteiger partial charge on any atom is -0.351 e. The molecule has 1 amide bonds. The molecule has 0 spiro atoms. The lowest BCUT2D eigenvalue weighted by Gasteiger charge is -2.24. The largest absolute Gasteiger partial charge is 0.351 e. The van der Waals surface area contributed by atoms with Crippen molar-refractivity contribution in [1.29, 1.82) is 0 Å². The van der Waals surface area contributed by atoms with Crippen LogP contribution in [0.15, 0.2) is 18.2 Å². The van der Waals surface area contributed by atoms with Crippen molar-refractivity contribution >= 4 is 30.7 Å². The number of halogens is 3. The highest BCUT2D eigenvalue weighted by molar-refractivity contribution is 5.85. The second-order valence-corrected chi connectivity index (χ2v) is 7.49. The van der Waals surface area contributed by atoms with E-state index in [1.807, 2.05) is 25.1 Å². The normalized spacial score (nSPS) is 24.4. The molecule has 1 aromatic rings. The third-order valence-corrected chi connectivity index (χ3v) is 5.24. The molecule has 0 aromatic heterocycles. The first-order valence-electron chi connectivity index (χ1n) is 8.98. The number of benzene rings is 1. The van der Waals surface area contributed by atoms with Gasteiger partial charge in [-0.3, -0.25) is 4.79 Å². The van der Waals surface area contributed by atoms with Crippen LogP contribution in [0.4, 0.5) is 4.39 Å². The fourth-order valence-corrected chi connectivity index (χ4v) is 4.03. The molecule has 3 unspecified atom stereocenters. The molecule has 26 heavy (non-hydrogen) atoms. The van der Waals surface area contributed by atoms with Crippen molar-refractivity contribution in [3.05, 3.63) is 35.1 Å². The molecule has 148 valence electrons. The van der Waals surface area contributed by atoms with Gasteiger partial charge in [-0.2, -0.15) is 0 Å². The number of nitrogens with one attached hydrogen (secondary N) is 2. The fourth-order valence-electron chi connectivity index (χ4n) is 4.03. The summed E-state index contributed by atoms with van der Waals surface area (Å²) in [6, 6.07) is 5.53. The molecule has 1 saturated heterocycles. The Morgan fingerprint density at radius 3 is 2.69 bits per heavy atom. The molecule has 2 aliphatic rings. The van der Waals surface area contributed by atoms with E-state index in [9.17, 15) is 9.18 Å². The minimum atomic E-state index is -0.194. The Morgan fingerprint density at radius 2 is 2.00 bits per heavy atom. The van der Waals surface area contributed by atoms with E-state index in [1.165, 1.54) is 31.7 Å². The topological polar surface area (TPSA) is 44.4 Å². The molecular weight excluding hydrogens is 376 g/mol. The van der Waals surface area contributed by atoms with Gasteiger partial charge in [-0.05, 0) is 57.0 Å². The number of hydrogen-bond acceptors (Lipinski definition) is 3. The van der Waals surface area contributed by atoms with E-state index < -0.39 is 0 Å². The number of hydrogen-bond donors (Lipinski definition) is 2. The monoisotopic (exact) mass is 405 g/mol. The van der Waals surface area contributed by atoms with Gasteiger partial charge in [-0.15, -0.1) is 24.8 Å². The van der Waals surface area contributed by atoms with Crippen LogP contribution in [0.5, 0.6) is 0 Å². The average Bonchev–Trinajstić information content (AvgIpc) is 2.99. The molecule has 4 nitrogen and oxygen atoms in total. The standard InChI is InChI=1S/C19H28FN3O.2ClH/c1-23(2)12-15-9-13(7-8-16(15)20)11-21-19(24)18-10-14-5-3-4-6-17(14)22-18;;/h7-9,14,17-18,22H,3-6,10-12H2,1-2H3,(H,21,24);2*1H. The minimum absolute atomic E-state index is 0. The van der Waals surface area contributed by atoms with Crippen molar-refractivity contribution in [2.75, 3.05) is 14.1 Å². The van der Waals surface area contributed by atoms with Crippen LogP contribution in [0.25, 0.3) is 0 Å². The third-order valence-electron chi connectivity index (χ3n) is 5.24. The summed E-state index contributed by atoms with van der Waals surface area (Å²) in [4.78, 5) is 14.4. The summed E-state index contributed by atoms with van der Waals surface area (Å²) in [5.41, 5.74) is 1.61. The molecule has 3 atom stereocenters. The molecule has 0 radical (unpaired) electrons. The van der Waals surface area contributed by atoms with E-state index in [4.69, 9.17) is 0 Å². The van der Waals surface area contributed by atoms with Gasteiger partial charge in [-0.1, -0.05) is 18.9 Å². The smallest absolute Gasteiger partial charge is 0.237 e. The lowest BCUT2D eigenvalue weighted by molar-refractivity contribution is -0.123. The summed E-state index contributed by atoms with van der Waals surface area (Å²) in [6.07, 6.45) is 5.95. The van der Waals surface area contributed by atoms with Gasteiger partial charge in [0.05, 0.1) is 6.04 Å². The highest BCUT2D eigenvalue weighted by atomic mass is 35.5. The lowest BCUT2D eigenvalue weighted by atomic mass is 9.85. The van der Waals surface area contributed by atoms with Crippen molar-refractivity contribution in [3.63, 3.8) is 0 Å². The summed E-state index contributed by atoms with van der Waals surface area (Å²) < 4.78 is 13.8. The Balaban J connectivity index is 0.00000169. The maximum absolute atomic E-state index is 13.8. The van der Waals surface area contributed by atoms with Crippen LogP contribution in [0.2, 0.25) is 0 Å². The van der Waals surface area contributed by atoms with Crippen LogP contribution in [0.3, 0.4) is 0 Å². The molecule has 2 N–H and O–H groups in total. The Labute approximate surface area is 168 Å². The van der Waals surface area contributed by atoms with Gasteiger partial charge in [0.15, 0.2) is 0 Å². The summed E-state index contributed by atoms with van der Waals surface area (Å²) in [6.45, 7) is 1.01. The average molecular weight is 406 g/mol. The molecule has 2 fully saturated rings. The summed E-state index contributed by atoms with van der Waals surface area (Å²) in [5.74, 6) is 0.537. The number of rotatable bonds is 5. The van der Waals surface area contributed by atoms with Gasteiger partial charge in [0.2, 0.25) is 5.91 Å². The first-order valence-corrected chi connectivity index (χ1v) is 8.98. The van der Waals surface area contributed by atoms with Crippen LogP contribution >= 0.6 is 24.8 Å². The number of carbonyl (C=O) groups excluding carboxylic acids is 1. The lowest BCUT2D eigenvalue weighted by Crippen LogP contribution is -2.42. The molecule has 1 aliphatic heterocycles. The maximum atomic E-state index is 13.8. The quantitative estimate of drug-likeness (QED) is 0.789. The van der Waals surface area contributed by atoms with Crippen LogP contribution in [-0.4, -0.2) is 37.0 Å². The Hall–Kier alpha value is -0.880. The third kappa shape index (κ3) is 5.81. The van der Waals surface area contributed by atoms with Gasteiger partial charge in [0.1, 0.15) is 5.82 Å². The summed E-state index contributed by atoms with van der Waals surface area (Å²) in [5, 5.41) is 6.51. The zero-order valence-corrected chi connectivity index (χ0v) is 17.1. The SMILES string of the molecule is CN(C)Cc1cc(CNC(=O)C2CC3CCCCC3N2)ccc1F.Cl.Cl. The molecule has 1 saturated carbocycles. The van der Waals surface area contributed by atoms with Crippen LogP contribution in [0, 0.1) is 11.7 Å². The van der Waals surface area contributed by atoms with E-state index in [1.54, 1.807) is 6.07 Å². The van der Waals surface area contributed by atoms with Gasteiger partial charge < -0.3 is 15.5 Å². The van der Waals surface area contributed by atoms with Crippen molar-refractivity contribution < 1.29 is 9.18 Å². The Kier molecular flexibility index (Phi) is 9.31. The Bertz CT molecular complexity index is 586. The predicted octanol–water partition coefficient (Wildman–Crippen LogP) is 3.27. The molecule has 0 bridgehead atoms. The molecule has 1 aromatic carbocycles. The van der Waals surface area contributed by atoms with Gasteiger partial charge in [0, 0.05) is 24.7 Å². The summed E-state index contributed by atoms with van der Waals surface area (Å²) in [7, 11) is 3.83. The molecule has 1 heterocycles. The fraction of sp³-hybridized carbons (Fsp3) is 0.632. The van der Waals surface area contributed by atoms with Crippen LogP contribution in [-0.2, 0) is 17.9 Å². The van der Waals surface area contributed by atoms with Crippen molar-refractivity contribution in [2.24, 2.45) is 5.92 Å². The number of amides is 1. The van der Waals surface area contributed by atoms with E-state index in [2.05, 4.69) is 10.6 Å². The second-order valence-electron chi connectivity index (χ2n) is 7.49.